The van der Waals surface area contributed by atoms with Gasteiger partial charge in [-0.05, 0) is 30.7 Å². The molecule has 0 aliphatic carbocycles. The van der Waals surface area contributed by atoms with E-state index < -0.39 is 11.3 Å². The lowest BCUT2D eigenvalue weighted by molar-refractivity contribution is -0.143. The van der Waals surface area contributed by atoms with E-state index in [-0.39, 0.29) is 43.8 Å². The van der Waals surface area contributed by atoms with Crippen LogP contribution in [0, 0.1) is 0 Å². The minimum absolute atomic E-state index is 0.105. The number of nitrogens with zero attached hydrogens (tertiary/aromatic N) is 2. The number of hydrogen-bond donors (Lipinski definition) is 0. The molecule has 0 radical (unpaired) electrons. The number of amides is 3. The maximum atomic E-state index is 13.7. The highest BCUT2D eigenvalue weighted by atomic mass is 16.5. The highest BCUT2D eigenvalue weighted by Crippen LogP contribution is 2.44. The van der Waals surface area contributed by atoms with Crippen LogP contribution in [0.5, 0.6) is 11.5 Å². The Morgan fingerprint density at radius 3 is 2.35 bits per heavy atom. The molecule has 1 aliphatic rings. The van der Waals surface area contributed by atoms with Crippen molar-refractivity contribution in [2.24, 2.45) is 0 Å². The van der Waals surface area contributed by atoms with Gasteiger partial charge in [0, 0.05) is 32.6 Å². The van der Waals surface area contributed by atoms with Crippen LogP contribution in [-0.2, 0) is 24.5 Å². The number of rotatable bonds is 10. The number of imide groups is 1. The van der Waals surface area contributed by atoms with Crippen LogP contribution in [0.2, 0.25) is 0 Å². The molecule has 34 heavy (non-hydrogen) atoms. The van der Waals surface area contributed by atoms with E-state index >= 15 is 0 Å². The monoisotopic (exact) mass is 468 g/mol. The predicted molar refractivity (Wildman–Crippen MR) is 127 cm³/mol. The number of carbonyl (C=O) groups excluding carboxylic acids is 3. The molecule has 0 bridgehead atoms. The Kier molecular flexibility index (Phi) is 7.94. The van der Waals surface area contributed by atoms with Gasteiger partial charge in [-0.15, -0.1) is 0 Å². The van der Waals surface area contributed by atoms with Crippen molar-refractivity contribution in [1.29, 1.82) is 0 Å². The number of benzene rings is 2. The zero-order valence-electron chi connectivity index (χ0n) is 20.4. The second-order valence-corrected chi connectivity index (χ2v) is 8.43. The lowest BCUT2D eigenvalue weighted by Gasteiger charge is -2.32. The average molecular weight is 469 g/mol. The van der Waals surface area contributed by atoms with E-state index in [1.165, 1.54) is 19.1 Å². The maximum absolute atomic E-state index is 13.7. The van der Waals surface area contributed by atoms with E-state index in [0.717, 1.165) is 11.3 Å². The zero-order chi connectivity index (χ0) is 24.9. The second kappa shape index (κ2) is 10.7. The number of hydrogen-bond acceptors (Lipinski definition) is 6. The first-order valence-corrected chi connectivity index (χ1v) is 11.2. The number of carbonyl (C=O) groups is 3. The Morgan fingerprint density at radius 1 is 1.06 bits per heavy atom. The number of likely N-dealkylation sites (tertiary alicyclic amines) is 1. The summed E-state index contributed by atoms with van der Waals surface area (Å²) in [5, 5.41) is 0. The maximum Gasteiger partial charge on any atom is 0.241 e. The summed E-state index contributed by atoms with van der Waals surface area (Å²) in [7, 11) is 6.33. The first-order chi connectivity index (χ1) is 16.3. The fourth-order valence-electron chi connectivity index (χ4n) is 4.40. The number of para-hydroxylation sites is 1. The molecule has 2 aromatic carbocycles. The van der Waals surface area contributed by atoms with Crippen molar-refractivity contribution >= 4 is 17.7 Å². The SMILES string of the molecule is COCCN1C(=O)CC(CC(=O)N(C)C(C)c2ccc(OC)cc2)(c2ccccc2OC)C1=O. The highest BCUT2D eigenvalue weighted by molar-refractivity contribution is 6.11. The lowest BCUT2D eigenvalue weighted by Crippen LogP contribution is -2.44. The molecule has 2 atom stereocenters. The summed E-state index contributed by atoms with van der Waals surface area (Å²) in [5.74, 6) is 0.218. The van der Waals surface area contributed by atoms with E-state index in [2.05, 4.69) is 0 Å². The third kappa shape index (κ3) is 4.77. The minimum atomic E-state index is -1.34. The molecular formula is C26H32N2O6. The fourth-order valence-corrected chi connectivity index (χ4v) is 4.40. The average Bonchev–Trinajstić information content (AvgIpc) is 3.10. The molecule has 1 saturated heterocycles. The summed E-state index contributed by atoms with van der Waals surface area (Å²) in [6, 6.07) is 14.3. The molecule has 1 heterocycles. The Labute approximate surface area is 200 Å². The summed E-state index contributed by atoms with van der Waals surface area (Å²) < 4.78 is 15.8. The van der Waals surface area contributed by atoms with Crippen molar-refractivity contribution in [3.8, 4) is 11.5 Å². The van der Waals surface area contributed by atoms with Gasteiger partial charge < -0.3 is 19.1 Å². The molecule has 8 heteroatoms. The molecule has 2 unspecified atom stereocenters. The smallest absolute Gasteiger partial charge is 0.241 e. The molecule has 8 nitrogen and oxygen atoms in total. The normalized spacial score (nSPS) is 18.7. The standard InChI is InChI=1S/C26H32N2O6/c1-18(19-10-12-20(33-4)13-11-19)27(2)23(29)16-26(21-8-6-7-9-22(21)34-5)17-24(30)28(25(26)31)14-15-32-3/h6-13,18H,14-17H2,1-5H3. The van der Waals surface area contributed by atoms with Gasteiger partial charge in [0.15, 0.2) is 0 Å². The first-order valence-electron chi connectivity index (χ1n) is 11.2. The molecule has 3 rings (SSSR count). The third-order valence-electron chi connectivity index (χ3n) is 6.58. The van der Waals surface area contributed by atoms with Gasteiger partial charge >= 0.3 is 0 Å². The molecule has 3 amide bonds. The summed E-state index contributed by atoms with van der Waals surface area (Å²) >= 11 is 0. The molecule has 182 valence electrons. The molecule has 0 N–H and O–H groups in total. The Balaban J connectivity index is 1.95. The predicted octanol–water partition coefficient (Wildman–Crippen LogP) is 2.96. The molecule has 0 saturated carbocycles. The summed E-state index contributed by atoms with van der Waals surface area (Å²) in [4.78, 5) is 42.9. The molecule has 1 aliphatic heterocycles. The van der Waals surface area contributed by atoms with E-state index in [4.69, 9.17) is 14.2 Å². The molecule has 2 aromatic rings. The van der Waals surface area contributed by atoms with E-state index in [1.54, 1.807) is 43.3 Å². The van der Waals surface area contributed by atoms with Crippen LogP contribution in [-0.4, -0.2) is 69.1 Å². The molecule has 0 aromatic heterocycles. The van der Waals surface area contributed by atoms with Gasteiger partial charge in [0.25, 0.3) is 0 Å². The minimum Gasteiger partial charge on any atom is -0.497 e. The van der Waals surface area contributed by atoms with Crippen LogP contribution in [0.25, 0.3) is 0 Å². The Bertz CT molecular complexity index is 1040. The van der Waals surface area contributed by atoms with E-state index in [1.807, 2.05) is 31.2 Å². The summed E-state index contributed by atoms with van der Waals surface area (Å²) in [5.41, 5.74) is 0.121. The van der Waals surface area contributed by atoms with E-state index in [9.17, 15) is 14.4 Å². The van der Waals surface area contributed by atoms with Crippen molar-refractivity contribution in [2.75, 3.05) is 41.5 Å². The van der Waals surface area contributed by atoms with Crippen LogP contribution >= 0.6 is 0 Å². The van der Waals surface area contributed by atoms with E-state index in [0.29, 0.717) is 11.3 Å². The van der Waals surface area contributed by atoms with Crippen LogP contribution in [0.15, 0.2) is 48.5 Å². The third-order valence-corrected chi connectivity index (χ3v) is 6.58. The second-order valence-electron chi connectivity index (χ2n) is 8.43. The zero-order valence-corrected chi connectivity index (χ0v) is 20.4. The van der Waals surface area contributed by atoms with Gasteiger partial charge in [0.1, 0.15) is 11.5 Å². The van der Waals surface area contributed by atoms with Gasteiger partial charge in [-0.1, -0.05) is 30.3 Å². The van der Waals surface area contributed by atoms with Gasteiger partial charge in [0.05, 0.1) is 38.8 Å². The largest absolute Gasteiger partial charge is 0.497 e. The molecular weight excluding hydrogens is 436 g/mol. The van der Waals surface area contributed by atoms with Crippen LogP contribution in [0.4, 0.5) is 0 Å². The van der Waals surface area contributed by atoms with Gasteiger partial charge in [0.2, 0.25) is 17.7 Å². The lowest BCUT2D eigenvalue weighted by atomic mass is 9.75. The molecule has 0 spiro atoms. The van der Waals surface area contributed by atoms with Crippen molar-refractivity contribution < 1.29 is 28.6 Å². The van der Waals surface area contributed by atoms with Gasteiger partial charge in [-0.25, -0.2) is 0 Å². The quantitative estimate of drug-likeness (QED) is 0.499. The molecule has 1 fully saturated rings. The van der Waals surface area contributed by atoms with Crippen LogP contribution in [0.3, 0.4) is 0 Å². The summed E-state index contributed by atoms with van der Waals surface area (Å²) in [6.07, 6.45) is -0.259. The Morgan fingerprint density at radius 2 is 1.74 bits per heavy atom. The van der Waals surface area contributed by atoms with Crippen LogP contribution < -0.4 is 9.47 Å². The summed E-state index contributed by atoms with van der Waals surface area (Å²) in [6.45, 7) is 2.28. The fraction of sp³-hybridized carbons (Fsp3) is 0.423. The van der Waals surface area contributed by atoms with Gasteiger partial charge in [-0.2, -0.15) is 0 Å². The van der Waals surface area contributed by atoms with Crippen LogP contribution in [0.1, 0.15) is 36.9 Å². The Hall–Kier alpha value is -3.39. The van der Waals surface area contributed by atoms with Gasteiger partial charge in [-0.3, -0.25) is 19.3 Å². The van der Waals surface area contributed by atoms with Crippen molar-refractivity contribution in [3.63, 3.8) is 0 Å². The van der Waals surface area contributed by atoms with Crippen molar-refractivity contribution in [2.45, 2.75) is 31.2 Å². The number of ether oxygens (including phenoxy) is 3. The highest BCUT2D eigenvalue weighted by Gasteiger charge is 2.55. The topological polar surface area (TPSA) is 85.4 Å². The van der Waals surface area contributed by atoms with Crippen molar-refractivity contribution in [3.05, 3.63) is 59.7 Å². The number of methoxy groups -OCH3 is 3. The first kappa shape index (κ1) is 25.2. The van der Waals surface area contributed by atoms with Crippen molar-refractivity contribution in [1.82, 2.24) is 9.80 Å².